The summed E-state index contributed by atoms with van der Waals surface area (Å²) >= 11 is 0. The maximum absolute atomic E-state index is 12.9. The van der Waals surface area contributed by atoms with E-state index in [4.69, 9.17) is 0 Å². The van der Waals surface area contributed by atoms with Crippen LogP contribution in [0.5, 0.6) is 0 Å². The third kappa shape index (κ3) is 30.0. The first-order valence-electron chi connectivity index (χ1n) is 19.9. The molecule has 0 saturated carbocycles. The van der Waals surface area contributed by atoms with E-state index in [1.54, 1.807) is 9.80 Å². The van der Waals surface area contributed by atoms with Gasteiger partial charge in [-0.3, -0.25) is 9.59 Å². The van der Waals surface area contributed by atoms with Crippen LogP contribution >= 0.6 is 0 Å². The molecule has 6 nitrogen and oxygen atoms in total. The molecule has 0 aromatic rings. The van der Waals surface area contributed by atoms with Gasteiger partial charge in [0, 0.05) is 26.2 Å². The summed E-state index contributed by atoms with van der Waals surface area (Å²) in [6.45, 7) is 6.13. The molecule has 0 aliphatic rings. The number of rotatable bonds is 36. The topological polar surface area (TPSA) is 81.1 Å². The molecule has 6 heteroatoms. The van der Waals surface area contributed by atoms with E-state index in [2.05, 4.69) is 13.8 Å². The number of aliphatic hydroxyl groups is 2. The highest BCUT2D eigenvalue weighted by atomic mass is 16.3. The average molecular weight is 639 g/mol. The highest BCUT2D eigenvalue weighted by Gasteiger charge is 2.21. The van der Waals surface area contributed by atoms with E-state index in [0.717, 1.165) is 25.7 Å². The molecule has 0 aliphatic heterocycles. The summed E-state index contributed by atoms with van der Waals surface area (Å²) in [6, 6.07) is 0. The largest absolute Gasteiger partial charge is 0.395 e. The van der Waals surface area contributed by atoms with Crippen LogP contribution in [0, 0.1) is 0 Å². The van der Waals surface area contributed by atoms with Gasteiger partial charge in [0.25, 0.3) is 0 Å². The molecule has 0 saturated heterocycles. The van der Waals surface area contributed by atoms with Gasteiger partial charge in [0.1, 0.15) is 6.42 Å². The zero-order valence-corrected chi connectivity index (χ0v) is 30.4. The lowest BCUT2D eigenvalue weighted by atomic mass is 10.0. The molecule has 2 amide bonds. The Bertz CT molecular complexity index is 578. The Morgan fingerprint density at radius 2 is 0.578 bits per heavy atom. The van der Waals surface area contributed by atoms with E-state index < -0.39 is 0 Å². The van der Waals surface area contributed by atoms with Crippen LogP contribution in [0.15, 0.2) is 0 Å². The number of unbranched alkanes of at least 4 members (excludes halogenated alkanes) is 26. The molecule has 0 heterocycles. The van der Waals surface area contributed by atoms with Crippen molar-refractivity contribution in [3.8, 4) is 0 Å². The highest BCUT2D eigenvalue weighted by molar-refractivity contribution is 5.96. The Hall–Kier alpha value is -1.14. The molecular formula is C39H78N2O4. The summed E-state index contributed by atoms with van der Waals surface area (Å²) in [4.78, 5) is 29.2. The van der Waals surface area contributed by atoms with Gasteiger partial charge in [0.05, 0.1) is 13.2 Å². The zero-order valence-electron chi connectivity index (χ0n) is 30.4. The molecule has 0 spiro atoms. The number of aliphatic hydroxyl groups excluding tert-OH is 2. The zero-order chi connectivity index (χ0) is 33.1. The van der Waals surface area contributed by atoms with Crippen molar-refractivity contribution in [2.75, 3.05) is 39.4 Å². The first kappa shape index (κ1) is 43.9. The minimum Gasteiger partial charge on any atom is -0.395 e. The summed E-state index contributed by atoms with van der Waals surface area (Å²) in [7, 11) is 0. The third-order valence-electron chi connectivity index (χ3n) is 9.31. The van der Waals surface area contributed by atoms with Gasteiger partial charge in [0.2, 0.25) is 11.8 Å². The van der Waals surface area contributed by atoms with Crippen LogP contribution in [-0.4, -0.2) is 71.2 Å². The summed E-state index contributed by atoms with van der Waals surface area (Å²) in [5, 5.41) is 19.0. The maximum atomic E-state index is 12.9. The number of carbonyl (C=O) groups is 2. The molecule has 0 aromatic heterocycles. The molecule has 0 aromatic carbocycles. The number of carbonyl (C=O) groups excluding carboxylic acids is 2. The minimum atomic E-state index is -0.201. The van der Waals surface area contributed by atoms with Crippen molar-refractivity contribution >= 4 is 11.8 Å². The Labute approximate surface area is 280 Å². The van der Waals surface area contributed by atoms with Gasteiger partial charge in [0.15, 0.2) is 0 Å². The third-order valence-corrected chi connectivity index (χ3v) is 9.31. The van der Waals surface area contributed by atoms with Gasteiger partial charge in [-0.2, -0.15) is 0 Å². The predicted octanol–water partition coefficient (Wildman–Crippen LogP) is 9.98. The second-order valence-corrected chi connectivity index (χ2v) is 13.6. The van der Waals surface area contributed by atoms with Crippen LogP contribution in [0.25, 0.3) is 0 Å². The maximum Gasteiger partial charge on any atom is 0.232 e. The summed E-state index contributed by atoms with van der Waals surface area (Å²) in [5.41, 5.74) is 0. The SMILES string of the molecule is CCCCCCCCCCCCCCCCN(CCO)C(=O)CC(=O)N(CCO)CCCCCCCCCCCCCCCC. The molecular weight excluding hydrogens is 560 g/mol. The first-order chi connectivity index (χ1) is 22.1. The lowest BCUT2D eigenvalue weighted by Crippen LogP contribution is -2.41. The van der Waals surface area contributed by atoms with Crippen molar-refractivity contribution in [2.45, 2.75) is 200 Å². The minimum absolute atomic E-state index is 0.0854. The van der Waals surface area contributed by atoms with Crippen molar-refractivity contribution in [1.82, 2.24) is 9.80 Å². The molecule has 0 aliphatic carbocycles. The molecule has 0 radical (unpaired) electrons. The second kappa shape index (κ2) is 35.7. The Kier molecular flexibility index (Phi) is 34.8. The van der Waals surface area contributed by atoms with Gasteiger partial charge >= 0.3 is 0 Å². The van der Waals surface area contributed by atoms with Crippen LogP contribution in [-0.2, 0) is 9.59 Å². The van der Waals surface area contributed by atoms with E-state index in [1.807, 2.05) is 0 Å². The van der Waals surface area contributed by atoms with Crippen LogP contribution < -0.4 is 0 Å². The molecule has 45 heavy (non-hydrogen) atoms. The van der Waals surface area contributed by atoms with Crippen molar-refractivity contribution in [1.29, 1.82) is 0 Å². The fourth-order valence-corrected chi connectivity index (χ4v) is 6.31. The Balaban J connectivity index is 3.99. The molecule has 0 unspecified atom stereocenters. The normalized spacial score (nSPS) is 11.3. The molecule has 0 atom stereocenters. The van der Waals surface area contributed by atoms with Crippen LogP contribution in [0.2, 0.25) is 0 Å². The van der Waals surface area contributed by atoms with E-state index in [-0.39, 0.29) is 44.5 Å². The molecule has 0 fully saturated rings. The monoisotopic (exact) mass is 639 g/mol. The highest BCUT2D eigenvalue weighted by Crippen LogP contribution is 2.15. The van der Waals surface area contributed by atoms with Gasteiger partial charge in [-0.1, -0.05) is 181 Å². The van der Waals surface area contributed by atoms with Crippen LogP contribution in [0.3, 0.4) is 0 Å². The van der Waals surface area contributed by atoms with Crippen molar-refractivity contribution < 1.29 is 19.8 Å². The van der Waals surface area contributed by atoms with Crippen molar-refractivity contribution in [3.05, 3.63) is 0 Å². The van der Waals surface area contributed by atoms with Gasteiger partial charge in [-0.15, -0.1) is 0 Å². The fourth-order valence-electron chi connectivity index (χ4n) is 6.31. The van der Waals surface area contributed by atoms with Gasteiger partial charge in [-0.05, 0) is 12.8 Å². The van der Waals surface area contributed by atoms with Crippen LogP contribution in [0.4, 0.5) is 0 Å². The fraction of sp³-hybridized carbons (Fsp3) is 0.949. The van der Waals surface area contributed by atoms with E-state index in [0.29, 0.717) is 13.1 Å². The molecule has 0 rings (SSSR count). The molecule has 0 bridgehead atoms. The average Bonchev–Trinajstić information content (AvgIpc) is 3.03. The summed E-state index contributed by atoms with van der Waals surface area (Å²) in [5.74, 6) is -0.403. The van der Waals surface area contributed by atoms with Gasteiger partial charge in [-0.25, -0.2) is 0 Å². The summed E-state index contributed by atoms with van der Waals surface area (Å²) in [6.07, 6.45) is 35.9. The van der Waals surface area contributed by atoms with E-state index in [9.17, 15) is 19.8 Å². The lowest BCUT2D eigenvalue weighted by molar-refractivity contribution is -0.141. The number of hydrogen-bond donors (Lipinski definition) is 2. The lowest BCUT2D eigenvalue weighted by Gasteiger charge is -2.25. The van der Waals surface area contributed by atoms with Crippen LogP contribution in [0.1, 0.15) is 200 Å². The smallest absolute Gasteiger partial charge is 0.232 e. The van der Waals surface area contributed by atoms with Crippen molar-refractivity contribution in [2.24, 2.45) is 0 Å². The quantitative estimate of drug-likeness (QED) is 0.0529. The Morgan fingerprint density at radius 1 is 0.356 bits per heavy atom. The van der Waals surface area contributed by atoms with E-state index >= 15 is 0 Å². The molecule has 268 valence electrons. The number of amides is 2. The van der Waals surface area contributed by atoms with Gasteiger partial charge < -0.3 is 20.0 Å². The first-order valence-corrected chi connectivity index (χ1v) is 19.9. The molecule has 2 N–H and O–H groups in total. The Morgan fingerprint density at radius 3 is 0.800 bits per heavy atom. The second-order valence-electron chi connectivity index (χ2n) is 13.6. The number of hydrogen-bond acceptors (Lipinski definition) is 4. The van der Waals surface area contributed by atoms with E-state index in [1.165, 1.54) is 154 Å². The summed E-state index contributed by atoms with van der Waals surface area (Å²) < 4.78 is 0. The standard InChI is InChI=1S/C39H78N2O4/c1-3-5-7-9-11-13-15-17-19-21-23-25-27-29-31-40(33-35-42)38(44)37-39(45)41(34-36-43)32-30-28-26-24-22-20-18-16-14-12-10-8-6-4-2/h42-43H,3-37H2,1-2H3. The van der Waals surface area contributed by atoms with Crippen molar-refractivity contribution in [3.63, 3.8) is 0 Å². The number of nitrogens with zero attached hydrogens (tertiary/aromatic N) is 2. The predicted molar refractivity (Wildman–Crippen MR) is 193 cm³/mol.